The van der Waals surface area contributed by atoms with Crippen molar-refractivity contribution in [2.24, 2.45) is 0 Å². The Morgan fingerprint density at radius 1 is 1.18 bits per heavy atom. The van der Waals surface area contributed by atoms with Gasteiger partial charge in [-0.15, -0.1) is 0 Å². The Bertz CT molecular complexity index is 987. The second kappa shape index (κ2) is 7.47. The first-order chi connectivity index (χ1) is 13.6. The van der Waals surface area contributed by atoms with Crippen LogP contribution in [0.15, 0.2) is 59.1 Å². The molecule has 2 amide bonds. The number of likely N-dealkylation sites (tertiary alicyclic amines) is 1. The van der Waals surface area contributed by atoms with E-state index in [0.717, 1.165) is 18.4 Å². The van der Waals surface area contributed by atoms with Gasteiger partial charge in [-0.25, -0.2) is 4.79 Å². The van der Waals surface area contributed by atoms with Crippen LogP contribution in [0.3, 0.4) is 0 Å². The Morgan fingerprint density at radius 2 is 1.93 bits per heavy atom. The van der Waals surface area contributed by atoms with Gasteiger partial charge in [0.15, 0.2) is 0 Å². The Labute approximate surface area is 160 Å². The fraction of sp³-hybridized carbons (Fsp3) is 0.211. The monoisotopic (exact) mass is 379 g/mol. The van der Waals surface area contributed by atoms with E-state index >= 15 is 0 Å². The zero-order chi connectivity index (χ0) is 19.5. The SMILES string of the molecule is O=C(Nc1ccc([N+](=O)[O-])cc1)N1CCCC1c1nc(-c2ccccc2)no1. The van der Waals surface area contributed by atoms with Crippen molar-refractivity contribution < 1.29 is 14.2 Å². The van der Waals surface area contributed by atoms with E-state index in [1.54, 1.807) is 4.90 Å². The van der Waals surface area contributed by atoms with Gasteiger partial charge in [0, 0.05) is 29.9 Å². The van der Waals surface area contributed by atoms with Crippen LogP contribution in [0.5, 0.6) is 0 Å². The molecule has 0 bridgehead atoms. The Kier molecular flexibility index (Phi) is 4.71. The van der Waals surface area contributed by atoms with Gasteiger partial charge in [0.25, 0.3) is 5.69 Å². The van der Waals surface area contributed by atoms with Gasteiger partial charge in [-0.3, -0.25) is 10.1 Å². The van der Waals surface area contributed by atoms with E-state index in [1.807, 2.05) is 30.3 Å². The van der Waals surface area contributed by atoms with Gasteiger partial charge in [-0.05, 0) is 25.0 Å². The van der Waals surface area contributed by atoms with Gasteiger partial charge in [0.1, 0.15) is 6.04 Å². The Morgan fingerprint density at radius 3 is 2.64 bits per heavy atom. The molecule has 2 heterocycles. The molecule has 1 saturated heterocycles. The zero-order valence-electron chi connectivity index (χ0n) is 14.8. The fourth-order valence-electron chi connectivity index (χ4n) is 3.20. The minimum atomic E-state index is -0.484. The van der Waals surface area contributed by atoms with Gasteiger partial charge in [-0.1, -0.05) is 35.5 Å². The van der Waals surface area contributed by atoms with E-state index < -0.39 is 4.92 Å². The number of hydrogen-bond acceptors (Lipinski definition) is 6. The van der Waals surface area contributed by atoms with E-state index in [0.29, 0.717) is 23.9 Å². The summed E-state index contributed by atoms with van der Waals surface area (Å²) < 4.78 is 5.42. The van der Waals surface area contributed by atoms with Crippen LogP contribution >= 0.6 is 0 Å². The highest BCUT2D eigenvalue weighted by Gasteiger charge is 2.34. The molecule has 3 aromatic rings. The van der Waals surface area contributed by atoms with Crippen LogP contribution in [0.2, 0.25) is 0 Å². The quantitative estimate of drug-likeness (QED) is 0.541. The number of carbonyl (C=O) groups excluding carboxylic acids is 1. The first kappa shape index (κ1) is 17.7. The molecule has 142 valence electrons. The predicted octanol–water partition coefficient (Wildman–Crippen LogP) is 4.01. The lowest BCUT2D eigenvalue weighted by atomic mass is 10.2. The number of rotatable bonds is 4. The molecule has 28 heavy (non-hydrogen) atoms. The number of urea groups is 1. The summed E-state index contributed by atoms with van der Waals surface area (Å²) in [5, 5.41) is 17.5. The van der Waals surface area contributed by atoms with Crippen LogP contribution in [0.4, 0.5) is 16.2 Å². The van der Waals surface area contributed by atoms with Crippen LogP contribution < -0.4 is 5.32 Å². The molecule has 1 aromatic heterocycles. The number of non-ortho nitro benzene ring substituents is 1. The molecule has 2 aromatic carbocycles. The van der Waals surface area contributed by atoms with Gasteiger partial charge >= 0.3 is 6.03 Å². The van der Waals surface area contributed by atoms with Crippen molar-refractivity contribution in [2.75, 3.05) is 11.9 Å². The molecule has 1 unspecified atom stereocenters. The van der Waals surface area contributed by atoms with E-state index in [2.05, 4.69) is 15.5 Å². The molecular weight excluding hydrogens is 362 g/mol. The molecule has 1 fully saturated rings. The first-order valence-corrected chi connectivity index (χ1v) is 8.83. The summed E-state index contributed by atoms with van der Waals surface area (Å²) in [7, 11) is 0. The maximum Gasteiger partial charge on any atom is 0.322 e. The second-order valence-electron chi connectivity index (χ2n) is 6.41. The fourth-order valence-corrected chi connectivity index (χ4v) is 3.20. The van der Waals surface area contributed by atoms with Crippen LogP contribution in [0.1, 0.15) is 24.8 Å². The lowest BCUT2D eigenvalue weighted by molar-refractivity contribution is -0.384. The highest BCUT2D eigenvalue weighted by molar-refractivity contribution is 5.89. The molecule has 4 rings (SSSR count). The number of hydrogen-bond donors (Lipinski definition) is 1. The molecule has 0 radical (unpaired) electrons. The highest BCUT2D eigenvalue weighted by Crippen LogP contribution is 2.32. The zero-order valence-corrected chi connectivity index (χ0v) is 14.8. The number of benzene rings is 2. The lowest BCUT2D eigenvalue weighted by Crippen LogP contribution is -2.34. The average Bonchev–Trinajstić information content (AvgIpc) is 3.38. The van der Waals surface area contributed by atoms with Crippen LogP contribution in [0.25, 0.3) is 11.4 Å². The molecule has 1 atom stereocenters. The summed E-state index contributed by atoms with van der Waals surface area (Å²) in [6.07, 6.45) is 1.55. The summed E-state index contributed by atoms with van der Waals surface area (Å²) in [6, 6.07) is 14.6. The minimum absolute atomic E-state index is 0.0312. The van der Waals surface area contributed by atoms with Gasteiger partial charge in [0.05, 0.1) is 4.92 Å². The van der Waals surface area contributed by atoms with Crippen molar-refractivity contribution in [3.63, 3.8) is 0 Å². The topological polar surface area (TPSA) is 114 Å². The van der Waals surface area contributed by atoms with Crippen molar-refractivity contribution in [1.82, 2.24) is 15.0 Å². The van der Waals surface area contributed by atoms with Crippen molar-refractivity contribution in [3.8, 4) is 11.4 Å². The van der Waals surface area contributed by atoms with Crippen molar-refractivity contribution in [2.45, 2.75) is 18.9 Å². The summed E-state index contributed by atoms with van der Waals surface area (Å²) in [6.45, 7) is 0.562. The molecule has 0 saturated carbocycles. The Balaban J connectivity index is 1.48. The number of nitro benzene ring substituents is 1. The number of nitrogens with zero attached hydrogens (tertiary/aromatic N) is 4. The third kappa shape index (κ3) is 3.54. The summed E-state index contributed by atoms with van der Waals surface area (Å²) >= 11 is 0. The molecule has 1 N–H and O–H groups in total. The van der Waals surface area contributed by atoms with Gasteiger partial charge in [0.2, 0.25) is 11.7 Å². The number of amides is 2. The van der Waals surface area contributed by atoms with Gasteiger partial charge in [-0.2, -0.15) is 4.98 Å². The van der Waals surface area contributed by atoms with E-state index in [1.165, 1.54) is 24.3 Å². The number of carbonyl (C=O) groups is 1. The highest BCUT2D eigenvalue weighted by atomic mass is 16.6. The molecule has 9 heteroatoms. The summed E-state index contributed by atoms with van der Waals surface area (Å²) in [5.74, 6) is 0.883. The molecular formula is C19H17N5O4. The van der Waals surface area contributed by atoms with Gasteiger partial charge < -0.3 is 14.7 Å². The average molecular weight is 379 g/mol. The van der Waals surface area contributed by atoms with E-state index in [-0.39, 0.29) is 17.8 Å². The molecule has 9 nitrogen and oxygen atoms in total. The molecule has 0 spiro atoms. The molecule has 0 aliphatic carbocycles. The summed E-state index contributed by atoms with van der Waals surface area (Å²) in [4.78, 5) is 29.0. The van der Waals surface area contributed by atoms with Crippen molar-refractivity contribution >= 4 is 17.4 Å². The third-order valence-corrected chi connectivity index (χ3v) is 4.60. The van der Waals surface area contributed by atoms with Crippen molar-refractivity contribution in [1.29, 1.82) is 0 Å². The van der Waals surface area contributed by atoms with E-state index in [4.69, 9.17) is 4.52 Å². The standard InChI is InChI=1S/C19H17N5O4/c25-19(20-14-8-10-15(11-9-14)24(26)27)23-12-4-7-16(23)18-21-17(22-28-18)13-5-2-1-3-6-13/h1-3,5-6,8-11,16H,4,7,12H2,(H,20,25). The second-order valence-corrected chi connectivity index (χ2v) is 6.41. The minimum Gasteiger partial charge on any atom is -0.337 e. The molecule has 1 aliphatic heterocycles. The number of aromatic nitrogens is 2. The largest absolute Gasteiger partial charge is 0.337 e. The first-order valence-electron chi connectivity index (χ1n) is 8.83. The van der Waals surface area contributed by atoms with Crippen molar-refractivity contribution in [3.05, 3.63) is 70.6 Å². The third-order valence-electron chi connectivity index (χ3n) is 4.60. The number of nitro groups is 1. The smallest absolute Gasteiger partial charge is 0.322 e. The predicted molar refractivity (Wildman–Crippen MR) is 101 cm³/mol. The van der Waals surface area contributed by atoms with Crippen LogP contribution in [0, 0.1) is 10.1 Å². The normalized spacial score (nSPS) is 16.1. The lowest BCUT2D eigenvalue weighted by Gasteiger charge is -2.22. The maximum atomic E-state index is 12.7. The van der Waals surface area contributed by atoms with E-state index in [9.17, 15) is 14.9 Å². The number of anilines is 1. The number of nitrogens with one attached hydrogen (secondary N) is 1. The molecule has 1 aliphatic rings. The maximum absolute atomic E-state index is 12.7. The van der Waals surface area contributed by atoms with Crippen LogP contribution in [-0.4, -0.2) is 32.5 Å². The Hall–Kier alpha value is -3.75. The van der Waals surface area contributed by atoms with Crippen LogP contribution in [-0.2, 0) is 0 Å². The summed E-state index contributed by atoms with van der Waals surface area (Å²) in [5.41, 5.74) is 1.30.